The normalized spacial score (nSPS) is 11.1. The number of alkyl halides is 3. The van der Waals surface area contributed by atoms with Crippen molar-refractivity contribution >= 4 is 6.29 Å². The highest BCUT2D eigenvalue weighted by Gasteiger charge is 2.33. The molecule has 0 aliphatic carbocycles. The molecule has 0 aromatic carbocycles. The van der Waals surface area contributed by atoms with Crippen LogP contribution in [0, 0.1) is 6.92 Å². The highest BCUT2D eigenvalue weighted by atomic mass is 19.4. The number of rotatable bonds is 3. The van der Waals surface area contributed by atoms with Crippen LogP contribution in [0.3, 0.4) is 0 Å². The van der Waals surface area contributed by atoms with E-state index in [1.54, 1.807) is 0 Å². The van der Waals surface area contributed by atoms with Crippen molar-refractivity contribution in [1.82, 2.24) is 4.98 Å². The Hall–Kier alpha value is -1.79. The number of methoxy groups -OCH3 is 1. The van der Waals surface area contributed by atoms with Gasteiger partial charge < -0.3 is 9.47 Å². The van der Waals surface area contributed by atoms with Gasteiger partial charge in [0, 0.05) is 6.07 Å². The van der Waals surface area contributed by atoms with Gasteiger partial charge in [-0.1, -0.05) is 0 Å². The third kappa shape index (κ3) is 2.85. The summed E-state index contributed by atoms with van der Waals surface area (Å²) < 4.78 is 44.5. The highest BCUT2D eigenvalue weighted by molar-refractivity contribution is 5.80. The predicted octanol–water partition coefficient (Wildman–Crippen LogP) is 2.11. The number of hydrogen-bond donors (Lipinski definition) is 0. The molecule has 1 aromatic heterocycles. The molecule has 0 bridgehead atoms. The summed E-state index contributed by atoms with van der Waals surface area (Å²) in [5.74, 6) is -0.558. The van der Waals surface area contributed by atoms with Gasteiger partial charge in [0.25, 0.3) is 0 Å². The third-order valence-electron chi connectivity index (χ3n) is 1.70. The number of pyridine rings is 1. The number of aryl methyl sites for hydroxylation is 1. The zero-order valence-electron chi connectivity index (χ0n) is 8.46. The van der Waals surface area contributed by atoms with Crippen molar-refractivity contribution in [3.05, 3.63) is 17.3 Å². The minimum atomic E-state index is -4.86. The Morgan fingerprint density at radius 3 is 2.50 bits per heavy atom. The quantitative estimate of drug-likeness (QED) is 0.753. The van der Waals surface area contributed by atoms with Gasteiger partial charge in [0.1, 0.15) is 0 Å². The van der Waals surface area contributed by atoms with E-state index in [0.29, 0.717) is 0 Å². The van der Waals surface area contributed by atoms with Crippen molar-refractivity contribution < 1.29 is 27.4 Å². The smallest absolute Gasteiger partial charge is 0.481 e. The molecule has 1 heterocycles. The molecule has 0 fully saturated rings. The summed E-state index contributed by atoms with van der Waals surface area (Å²) in [4.78, 5) is 14.3. The van der Waals surface area contributed by atoms with Gasteiger partial charge in [-0.3, -0.25) is 4.79 Å². The van der Waals surface area contributed by atoms with Crippen LogP contribution in [0.5, 0.6) is 11.6 Å². The molecule has 0 amide bonds. The number of carbonyl (C=O) groups excluding carboxylic acids is 1. The van der Waals surface area contributed by atoms with E-state index in [-0.39, 0.29) is 23.4 Å². The van der Waals surface area contributed by atoms with Crippen molar-refractivity contribution in [3.63, 3.8) is 0 Å². The largest absolute Gasteiger partial charge is 0.573 e. The number of halogens is 3. The third-order valence-corrected chi connectivity index (χ3v) is 1.70. The first kappa shape index (κ1) is 12.3. The second kappa shape index (κ2) is 4.38. The van der Waals surface area contributed by atoms with Crippen molar-refractivity contribution in [3.8, 4) is 11.6 Å². The molecule has 1 aromatic rings. The van der Waals surface area contributed by atoms with Gasteiger partial charge in [0.15, 0.2) is 12.0 Å². The van der Waals surface area contributed by atoms with Gasteiger partial charge in [-0.25, -0.2) is 4.98 Å². The van der Waals surface area contributed by atoms with Crippen molar-refractivity contribution in [1.29, 1.82) is 0 Å². The van der Waals surface area contributed by atoms with Crippen LogP contribution in [0.15, 0.2) is 6.07 Å². The molecule has 0 N–H and O–H groups in total. The van der Waals surface area contributed by atoms with Gasteiger partial charge >= 0.3 is 6.36 Å². The lowest BCUT2D eigenvalue weighted by Gasteiger charge is -2.13. The summed E-state index contributed by atoms with van der Waals surface area (Å²) in [6, 6.07) is 1.07. The Bertz CT molecular complexity index is 404. The summed E-state index contributed by atoms with van der Waals surface area (Å²) in [6.45, 7) is 1.29. The van der Waals surface area contributed by atoms with Crippen LogP contribution in [0.4, 0.5) is 13.2 Å². The topological polar surface area (TPSA) is 48.4 Å². The van der Waals surface area contributed by atoms with E-state index in [9.17, 15) is 18.0 Å². The van der Waals surface area contributed by atoms with Crippen LogP contribution in [0.1, 0.15) is 16.1 Å². The first-order valence-electron chi connectivity index (χ1n) is 4.14. The molecule has 88 valence electrons. The molecule has 0 spiro atoms. The van der Waals surface area contributed by atoms with E-state index in [1.165, 1.54) is 14.0 Å². The van der Waals surface area contributed by atoms with Crippen LogP contribution in [-0.4, -0.2) is 24.7 Å². The minimum absolute atomic E-state index is 0.0501. The molecule has 16 heavy (non-hydrogen) atoms. The van der Waals surface area contributed by atoms with E-state index < -0.39 is 12.1 Å². The minimum Gasteiger partial charge on any atom is -0.481 e. The van der Waals surface area contributed by atoms with Crippen molar-refractivity contribution in [2.24, 2.45) is 0 Å². The number of nitrogens with zero attached hydrogens (tertiary/aromatic N) is 1. The Labute approximate surface area is 89.0 Å². The summed E-state index contributed by atoms with van der Waals surface area (Å²) in [6.07, 6.45) is -4.61. The number of ether oxygens (including phenoxy) is 2. The summed E-state index contributed by atoms with van der Waals surface area (Å²) >= 11 is 0. The molecular formula is C9H8F3NO3. The fourth-order valence-corrected chi connectivity index (χ4v) is 1.10. The average molecular weight is 235 g/mol. The van der Waals surface area contributed by atoms with Crippen molar-refractivity contribution in [2.45, 2.75) is 13.3 Å². The fraction of sp³-hybridized carbons (Fsp3) is 0.333. The molecule has 0 atom stereocenters. The molecule has 1 rings (SSSR count). The number of aromatic nitrogens is 1. The molecule has 0 saturated heterocycles. The van der Waals surface area contributed by atoms with Crippen LogP contribution < -0.4 is 9.47 Å². The summed E-state index contributed by atoms with van der Waals surface area (Å²) in [5, 5.41) is 0. The lowest BCUT2D eigenvalue weighted by Crippen LogP contribution is -2.19. The maximum absolute atomic E-state index is 12.0. The summed E-state index contributed by atoms with van der Waals surface area (Å²) in [7, 11) is 1.29. The van der Waals surface area contributed by atoms with E-state index in [1.807, 2.05) is 0 Å². The number of hydrogen-bond acceptors (Lipinski definition) is 4. The first-order chi connectivity index (χ1) is 7.37. The Morgan fingerprint density at radius 1 is 1.44 bits per heavy atom. The lowest BCUT2D eigenvalue weighted by atomic mass is 10.2. The second-order valence-electron chi connectivity index (χ2n) is 2.83. The second-order valence-corrected chi connectivity index (χ2v) is 2.83. The molecule has 0 saturated carbocycles. The molecule has 4 nitrogen and oxygen atoms in total. The standard InChI is InChI=1S/C9H8F3NO3/c1-5-8(16-9(10,11)12)6(4-14)3-7(13-5)15-2/h3-4H,1-2H3. The first-order valence-corrected chi connectivity index (χ1v) is 4.14. The van der Waals surface area contributed by atoms with E-state index in [2.05, 4.69) is 9.72 Å². The van der Waals surface area contributed by atoms with E-state index in [4.69, 9.17) is 4.74 Å². The van der Waals surface area contributed by atoms with E-state index in [0.717, 1.165) is 6.07 Å². The average Bonchev–Trinajstić information content (AvgIpc) is 2.19. The SMILES string of the molecule is COc1cc(C=O)c(OC(F)(F)F)c(C)n1. The molecule has 0 aliphatic rings. The van der Waals surface area contributed by atoms with Gasteiger partial charge in [0.2, 0.25) is 5.88 Å². The predicted molar refractivity (Wildman–Crippen MR) is 47.6 cm³/mol. The van der Waals surface area contributed by atoms with Gasteiger partial charge in [-0.15, -0.1) is 13.2 Å². The monoisotopic (exact) mass is 235 g/mol. The van der Waals surface area contributed by atoms with Gasteiger partial charge in [-0.2, -0.15) is 0 Å². The molecule has 0 aliphatic heterocycles. The van der Waals surface area contributed by atoms with E-state index >= 15 is 0 Å². The highest BCUT2D eigenvalue weighted by Crippen LogP contribution is 2.30. The fourth-order valence-electron chi connectivity index (χ4n) is 1.10. The molecule has 7 heteroatoms. The van der Waals surface area contributed by atoms with Crippen LogP contribution in [-0.2, 0) is 0 Å². The van der Waals surface area contributed by atoms with Crippen LogP contribution in [0.2, 0.25) is 0 Å². The van der Waals surface area contributed by atoms with Crippen LogP contribution in [0.25, 0.3) is 0 Å². The molecule has 0 unspecified atom stereocenters. The van der Waals surface area contributed by atoms with Gasteiger partial charge in [0.05, 0.1) is 18.4 Å². The number of aldehydes is 1. The maximum Gasteiger partial charge on any atom is 0.573 e. The Balaban J connectivity index is 3.22. The Kier molecular flexibility index (Phi) is 3.36. The van der Waals surface area contributed by atoms with Gasteiger partial charge in [-0.05, 0) is 6.92 Å². The zero-order chi connectivity index (χ0) is 12.3. The van der Waals surface area contributed by atoms with Crippen LogP contribution >= 0.6 is 0 Å². The lowest BCUT2D eigenvalue weighted by molar-refractivity contribution is -0.275. The number of carbonyl (C=O) groups is 1. The molecular weight excluding hydrogens is 227 g/mol. The van der Waals surface area contributed by atoms with Crippen molar-refractivity contribution in [2.75, 3.05) is 7.11 Å². The Morgan fingerprint density at radius 2 is 2.06 bits per heavy atom. The zero-order valence-corrected chi connectivity index (χ0v) is 8.46. The molecule has 0 radical (unpaired) electrons. The summed E-state index contributed by atoms with van der Waals surface area (Å²) in [5.41, 5.74) is -0.333. The maximum atomic E-state index is 12.0.